The number of allylic oxidation sites excluding steroid dienone is 2. The predicted octanol–water partition coefficient (Wildman–Crippen LogP) is 5.03. The first-order valence-corrected chi connectivity index (χ1v) is 12.6. The quantitative estimate of drug-likeness (QED) is 0.368. The molecular weight excluding hydrogens is 384 g/mol. The Labute approximate surface area is 189 Å². The van der Waals surface area contributed by atoms with E-state index in [2.05, 4.69) is 49.7 Å². The van der Waals surface area contributed by atoms with Crippen molar-refractivity contribution in [2.75, 3.05) is 26.2 Å². The summed E-state index contributed by atoms with van der Waals surface area (Å²) in [5.41, 5.74) is 1.95. The molecule has 0 aromatic carbocycles. The van der Waals surface area contributed by atoms with Gasteiger partial charge in [-0.25, -0.2) is 0 Å². The maximum Gasteiger partial charge on any atom is 0.130 e. The molecule has 4 heteroatoms. The fourth-order valence-corrected chi connectivity index (χ4v) is 7.73. The van der Waals surface area contributed by atoms with E-state index in [0.717, 1.165) is 57.5 Å². The molecule has 4 rings (SSSR count). The Morgan fingerprint density at radius 3 is 2.58 bits per heavy atom. The van der Waals surface area contributed by atoms with Crippen molar-refractivity contribution in [3.63, 3.8) is 0 Å². The van der Waals surface area contributed by atoms with Crippen LogP contribution >= 0.6 is 0 Å². The lowest BCUT2D eigenvalue weighted by molar-refractivity contribution is -0.0987. The molecule has 0 saturated heterocycles. The zero-order valence-electron chi connectivity index (χ0n) is 20.1. The molecular formula is C27H42N2O2. The minimum absolute atomic E-state index is 0.111. The van der Waals surface area contributed by atoms with Crippen molar-refractivity contribution in [2.45, 2.75) is 84.7 Å². The first kappa shape index (κ1) is 22.9. The summed E-state index contributed by atoms with van der Waals surface area (Å²) in [6, 6.07) is 0. The van der Waals surface area contributed by atoms with E-state index in [0.29, 0.717) is 24.4 Å². The minimum atomic E-state index is -0.908. The van der Waals surface area contributed by atoms with Gasteiger partial charge in [-0.1, -0.05) is 44.3 Å². The number of rotatable bonds is 6. The van der Waals surface area contributed by atoms with E-state index in [1.165, 1.54) is 19.3 Å². The Hall–Kier alpha value is -1.31. The molecule has 0 aliphatic heterocycles. The minimum Gasteiger partial charge on any atom is -0.394 e. The van der Waals surface area contributed by atoms with Gasteiger partial charge in [-0.2, -0.15) is 0 Å². The highest BCUT2D eigenvalue weighted by atomic mass is 16.6. The molecule has 3 saturated carbocycles. The van der Waals surface area contributed by atoms with Gasteiger partial charge in [0.05, 0.1) is 5.71 Å². The molecule has 0 unspecified atom stereocenters. The molecule has 0 spiro atoms. The molecule has 31 heavy (non-hydrogen) atoms. The average Bonchev–Trinajstić information content (AvgIpc) is 3.05. The number of hydrogen-bond acceptors (Lipinski definition) is 4. The van der Waals surface area contributed by atoms with Crippen LogP contribution in [0.1, 0.15) is 79.1 Å². The molecule has 1 N–H and O–H groups in total. The standard InChI is InChI=1S/C27H42N2O2/c1-6-27(30)16-13-24-22-10-9-20-19-21(28-31-18-17-29(7-2)8-3)11-14-25(20,4)23(22)12-15-26(24,27)5/h1,19,22-24,30H,7-18H2,2-5H3/b28-21-/t22-,23+,24+,25+,26+,27+/m1/s1. The predicted molar refractivity (Wildman–Crippen MR) is 127 cm³/mol. The first-order chi connectivity index (χ1) is 14.8. The van der Waals surface area contributed by atoms with Gasteiger partial charge >= 0.3 is 0 Å². The fraction of sp³-hybridized carbons (Fsp3) is 0.815. The van der Waals surface area contributed by atoms with E-state index in [1.54, 1.807) is 5.57 Å². The third-order valence-electron chi connectivity index (χ3n) is 9.94. The van der Waals surface area contributed by atoms with Crippen LogP contribution in [0.3, 0.4) is 0 Å². The van der Waals surface area contributed by atoms with Crippen molar-refractivity contribution in [3.05, 3.63) is 11.6 Å². The number of nitrogens with zero attached hydrogens (tertiary/aromatic N) is 2. The van der Waals surface area contributed by atoms with Crippen LogP contribution in [-0.2, 0) is 4.84 Å². The van der Waals surface area contributed by atoms with Crippen LogP contribution in [0.25, 0.3) is 0 Å². The molecule has 0 amide bonds. The normalized spacial score (nSPS) is 43.1. The SMILES string of the molecule is C#C[C@]1(O)CC[C@H]2[C@@H]3CCC4=C/C(=N\OCCN(CC)CC)CC[C@]4(C)[C@H]3CC[C@@]21C. The summed E-state index contributed by atoms with van der Waals surface area (Å²) in [4.78, 5) is 8.05. The molecule has 172 valence electrons. The topological polar surface area (TPSA) is 45.1 Å². The second kappa shape index (κ2) is 8.56. The van der Waals surface area contributed by atoms with Gasteiger partial charge in [0.25, 0.3) is 0 Å². The summed E-state index contributed by atoms with van der Waals surface area (Å²) < 4.78 is 0. The van der Waals surface area contributed by atoms with Crippen molar-refractivity contribution < 1.29 is 9.94 Å². The van der Waals surface area contributed by atoms with Gasteiger partial charge in [-0.3, -0.25) is 0 Å². The zero-order chi connectivity index (χ0) is 22.3. The van der Waals surface area contributed by atoms with Crippen molar-refractivity contribution in [1.82, 2.24) is 4.90 Å². The van der Waals surface area contributed by atoms with Crippen molar-refractivity contribution >= 4 is 5.71 Å². The lowest BCUT2D eigenvalue weighted by Crippen LogP contribution is -2.54. The molecule has 6 atom stereocenters. The van der Waals surface area contributed by atoms with Gasteiger partial charge in [0.1, 0.15) is 12.2 Å². The number of terminal acetylenes is 1. The molecule has 0 aromatic heterocycles. The van der Waals surface area contributed by atoms with E-state index in [4.69, 9.17) is 11.3 Å². The number of hydrogen-bond donors (Lipinski definition) is 1. The van der Waals surface area contributed by atoms with E-state index in [-0.39, 0.29) is 10.8 Å². The Balaban J connectivity index is 1.46. The summed E-state index contributed by atoms with van der Waals surface area (Å²) in [6.45, 7) is 12.9. The molecule has 4 aliphatic rings. The number of fused-ring (bicyclic) bond motifs is 5. The Kier molecular flexibility index (Phi) is 6.32. The van der Waals surface area contributed by atoms with Crippen LogP contribution in [0, 0.1) is 40.9 Å². The van der Waals surface area contributed by atoms with E-state index in [9.17, 15) is 5.11 Å². The smallest absolute Gasteiger partial charge is 0.130 e. The van der Waals surface area contributed by atoms with Gasteiger partial charge in [-0.05, 0) is 93.7 Å². The maximum atomic E-state index is 11.2. The number of likely N-dealkylation sites (N-methyl/N-ethyl adjacent to an activating group) is 1. The third-order valence-corrected chi connectivity index (χ3v) is 9.94. The monoisotopic (exact) mass is 426 g/mol. The summed E-state index contributed by atoms with van der Waals surface area (Å²) in [5, 5.41) is 15.7. The maximum absolute atomic E-state index is 11.2. The van der Waals surface area contributed by atoms with Crippen LogP contribution in [0.15, 0.2) is 16.8 Å². The van der Waals surface area contributed by atoms with E-state index >= 15 is 0 Å². The summed E-state index contributed by atoms with van der Waals surface area (Å²) in [5.74, 6) is 4.75. The van der Waals surface area contributed by atoms with Crippen molar-refractivity contribution in [2.24, 2.45) is 33.7 Å². The van der Waals surface area contributed by atoms with Crippen LogP contribution in [-0.4, -0.2) is 47.6 Å². The lowest BCUT2D eigenvalue weighted by Gasteiger charge is -2.58. The van der Waals surface area contributed by atoms with Crippen LogP contribution in [0.2, 0.25) is 0 Å². The highest BCUT2D eigenvalue weighted by Gasteiger charge is 2.63. The summed E-state index contributed by atoms with van der Waals surface area (Å²) >= 11 is 0. The molecule has 0 radical (unpaired) electrons. The van der Waals surface area contributed by atoms with Gasteiger partial charge in [-0.15, -0.1) is 6.42 Å². The Bertz CT molecular complexity index is 779. The second-order valence-corrected chi connectivity index (χ2v) is 10.9. The van der Waals surface area contributed by atoms with E-state index in [1.807, 2.05) is 0 Å². The van der Waals surface area contributed by atoms with Gasteiger partial charge in [0, 0.05) is 12.0 Å². The van der Waals surface area contributed by atoms with Crippen molar-refractivity contribution in [3.8, 4) is 12.3 Å². The molecule has 0 heterocycles. The second-order valence-electron chi connectivity index (χ2n) is 10.9. The van der Waals surface area contributed by atoms with Crippen LogP contribution in [0.4, 0.5) is 0 Å². The third kappa shape index (κ3) is 3.66. The Morgan fingerprint density at radius 1 is 1.13 bits per heavy atom. The Morgan fingerprint density at radius 2 is 1.87 bits per heavy atom. The number of oxime groups is 1. The highest BCUT2D eigenvalue weighted by Crippen LogP contribution is 2.67. The molecule has 4 aliphatic carbocycles. The van der Waals surface area contributed by atoms with Crippen LogP contribution in [0.5, 0.6) is 0 Å². The first-order valence-electron chi connectivity index (χ1n) is 12.6. The highest BCUT2D eigenvalue weighted by molar-refractivity contribution is 5.96. The molecule has 0 aromatic rings. The van der Waals surface area contributed by atoms with Gasteiger partial charge < -0.3 is 14.8 Å². The zero-order valence-corrected chi connectivity index (χ0v) is 20.1. The van der Waals surface area contributed by atoms with E-state index < -0.39 is 5.60 Å². The molecule has 4 nitrogen and oxygen atoms in total. The molecule has 3 fully saturated rings. The summed E-state index contributed by atoms with van der Waals surface area (Å²) in [6.07, 6.45) is 16.8. The van der Waals surface area contributed by atoms with Crippen LogP contribution < -0.4 is 0 Å². The largest absolute Gasteiger partial charge is 0.394 e. The molecule has 0 bridgehead atoms. The average molecular weight is 427 g/mol. The fourth-order valence-electron chi connectivity index (χ4n) is 7.73. The van der Waals surface area contributed by atoms with Crippen molar-refractivity contribution in [1.29, 1.82) is 0 Å². The summed E-state index contributed by atoms with van der Waals surface area (Å²) in [7, 11) is 0. The van der Waals surface area contributed by atoms with Gasteiger partial charge in [0.15, 0.2) is 0 Å². The lowest BCUT2D eigenvalue weighted by atomic mass is 9.46. The number of aliphatic hydroxyl groups is 1. The van der Waals surface area contributed by atoms with Gasteiger partial charge in [0.2, 0.25) is 0 Å².